The van der Waals surface area contributed by atoms with Gasteiger partial charge in [-0.3, -0.25) is 9.69 Å². The summed E-state index contributed by atoms with van der Waals surface area (Å²) in [6.45, 7) is 2.88. The lowest BCUT2D eigenvalue weighted by Crippen LogP contribution is -2.44. The smallest absolute Gasteiger partial charge is 0.251 e. The fraction of sp³-hybridized carbons (Fsp3) is 0.269. The van der Waals surface area contributed by atoms with Crippen LogP contribution < -0.4 is 10.1 Å². The molecular weight excluding hydrogens is 372 g/mol. The van der Waals surface area contributed by atoms with Gasteiger partial charge < -0.3 is 10.1 Å². The first-order valence-electron chi connectivity index (χ1n) is 10.5. The molecule has 0 unspecified atom stereocenters. The summed E-state index contributed by atoms with van der Waals surface area (Å²) in [5, 5.41) is 3.21. The highest BCUT2D eigenvalue weighted by molar-refractivity contribution is 5.94. The largest absolute Gasteiger partial charge is 0.497 e. The Labute approximate surface area is 178 Å². The maximum Gasteiger partial charge on any atom is 0.251 e. The Morgan fingerprint density at radius 2 is 1.63 bits per heavy atom. The zero-order chi connectivity index (χ0) is 20.8. The summed E-state index contributed by atoms with van der Waals surface area (Å²) >= 11 is 0. The Hall–Kier alpha value is -3.11. The van der Waals surface area contributed by atoms with E-state index in [1.54, 1.807) is 7.11 Å². The normalized spacial score (nSPS) is 15.0. The lowest BCUT2D eigenvalue weighted by molar-refractivity contribution is 0.0909. The second-order valence-electron chi connectivity index (χ2n) is 7.82. The van der Waals surface area contributed by atoms with E-state index in [1.165, 1.54) is 5.56 Å². The quantitative estimate of drug-likeness (QED) is 0.649. The maximum atomic E-state index is 12.7. The molecule has 30 heavy (non-hydrogen) atoms. The monoisotopic (exact) mass is 400 g/mol. The van der Waals surface area contributed by atoms with E-state index < -0.39 is 0 Å². The number of rotatable bonds is 6. The van der Waals surface area contributed by atoms with Crippen LogP contribution in [0.1, 0.15) is 28.8 Å². The third-order valence-electron chi connectivity index (χ3n) is 5.72. The first kappa shape index (κ1) is 20.2. The van der Waals surface area contributed by atoms with Gasteiger partial charge in [-0.25, -0.2) is 0 Å². The highest BCUT2D eigenvalue weighted by atomic mass is 16.5. The molecule has 4 rings (SSSR count). The van der Waals surface area contributed by atoms with Crippen LogP contribution in [0.2, 0.25) is 0 Å². The zero-order valence-corrected chi connectivity index (χ0v) is 17.4. The van der Waals surface area contributed by atoms with E-state index in [4.69, 9.17) is 4.74 Å². The van der Waals surface area contributed by atoms with Crippen LogP contribution in [-0.4, -0.2) is 37.0 Å². The maximum absolute atomic E-state index is 12.7. The van der Waals surface area contributed by atoms with E-state index in [1.807, 2.05) is 54.6 Å². The van der Waals surface area contributed by atoms with E-state index in [0.717, 1.165) is 49.4 Å². The van der Waals surface area contributed by atoms with Crippen molar-refractivity contribution in [2.45, 2.75) is 25.4 Å². The van der Waals surface area contributed by atoms with Gasteiger partial charge in [-0.1, -0.05) is 54.6 Å². The molecule has 0 aromatic heterocycles. The summed E-state index contributed by atoms with van der Waals surface area (Å²) < 4.78 is 5.31. The lowest BCUT2D eigenvalue weighted by Gasteiger charge is -2.32. The van der Waals surface area contributed by atoms with Gasteiger partial charge in [-0.05, 0) is 53.8 Å². The average Bonchev–Trinajstić information content (AvgIpc) is 2.81. The van der Waals surface area contributed by atoms with E-state index in [-0.39, 0.29) is 11.9 Å². The first-order chi connectivity index (χ1) is 14.7. The molecule has 1 saturated heterocycles. The Morgan fingerprint density at radius 1 is 0.933 bits per heavy atom. The van der Waals surface area contributed by atoms with Crippen LogP contribution in [-0.2, 0) is 6.54 Å². The van der Waals surface area contributed by atoms with Crippen molar-refractivity contribution in [1.82, 2.24) is 10.2 Å². The number of nitrogens with zero attached hydrogens (tertiary/aromatic N) is 1. The number of carbonyl (C=O) groups excluding carboxylic acids is 1. The van der Waals surface area contributed by atoms with E-state index in [0.29, 0.717) is 5.56 Å². The van der Waals surface area contributed by atoms with Crippen LogP contribution in [0, 0.1) is 0 Å². The molecule has 1 amide bonds. The number of hydrogen-bond donors (Lipinski definition) is 1. The third-order valence-corrected chi connectivity index (χ3v) is 5.72. The predicted molar refractivity (Wildman–Crippen MR) is 121 cm³/mol. The van der Waals surface area contributed by atoms with Crippen molar-refractivity contribution < 1.29 is 9.53 Å². The molecule has 1 fully saturated rings. The summed E-state index contributed by atoms with van der Waals surface area (Å²) in [4.78, 5) is 15.1. The molecule has 154 valence electrons. The average molecular weight is 401 g/mol. The number of carbonyl (C=O) groups is 1. The topological polar surface area (TPSA) is 41.6 Å². The zero-order valence-electron chi connectivity index (χ0n) is 17.4. The number of nitrogens with one attached hydrogen (secondary N) is 1. The molecule has 0 radical (unpaired) electrons. The van der Waals surface area contributed by atoms with Gasteiger partial charge in [0.05, 0.1) is 7.11 Å². The van der Waals surface area contributed by atoms with Gasteiger partial charge in [0.2, 0.25) is 0 Å². The van der Waals surface area contributed by atoms with Crippen molar-refractivity contribution >= 4 is 5.91 Å². The minimum absolute atomic E-state index is 0.0147. The minimum Gasteiger partial charge on any atom is -0.497 e. The summed E-state index contributed by atoms with van der Waals surface area (Å²) in [6, 6.07) is 26.5. The predicted octanol–water partition coefficient (Wildman–Crippen LogP) is 4.76. The summed E-state index contributed by atoms with van der Waals surface area (Å²) in [5.74, 6) is 0.911. The second kappa shape index (κ2) is 9.59. The molecule has 4 heteroatoms. The summed E-state index contributed by atoms with van der Waals surface area (Å²) in [5.41, 5.74) is 4.26. The third kappa shape index (κ3) is 5.08. The molecular formula is C26H28N2O2. The van der Waals surface area contributed by atoms with Gasteiger partial charge in [-0.15, -0.1) is 0 Å². The Morgan fingerprint density at radius 3 is 2.33 bits per heavy atom. The minimum atomic E-state index is 0.0147. The molecule has 1 heterocycles. The highest BCUT2D eigenvalue weighted by Gasteiger charge is 2.21. The second-order valence-corrected chi connectivity index (χ2v) is 7.82. The van der Waals surface area contributed by atoms with Crippen LogP contribution in [0.25, 0.3) is 11.1 Å². The lowest BCUT2D eigenvalue weighted by atomic mass is 10.0. The standard InChI is InChI=1S/C26H28N2O2/c1-30-25-9-5-6-20(18-25)19-28-16-14-24(15-17-28)27-26(29)23-12-10-22(11-13-23)21-7-3-2-4-8-21/h2-13,18,24H,14-17,19H2,1H3,(H,27,29). The van der Waals surface area contributed by atoms with Crippen molar-refractivity contribution in [3.8, 4) is 16.9 Å². The van der Waals surface area contributed by atoms with Crippen molar-refractivity contribution in [2.24, 2.45) is 0 Å². The Kier molecular flexibility index (Phi) is 6.45. The van der Waals surface area contributed by atoms with Crippen molar-refractivity contribution in [1.29, 1.82) is 0 Å². The molecule has 0 aliphatic carbocycles. The molecule has 3 aromatic rings. The number of amides is 1. The molecule has 0 atom stereocenters. The number of ether oxygens (including phenoxy) is 1. The Balaban J connectivity index is 1.28. The van der Waals surface area contributed by atoms with Gasteiger partial charge >= 0.3 is 0 Å². The van der Waals surface area contributed by atoms with Gasteiger partial charge in [0, 0.05) is 31.2 Å². The van der Waals surface area contributed by atoms with Gasteiger partial charge in [0.15, 0.2) is 0 Å². The van der Waals surface area contributed by atoms with Crippen LogP contribution >= 0.6 is 0 Å². The number of hydrogen-bond acceptors (Lipinski definition) is 3. The first-order valence-corrected chi connectivity index (χ1v) is 10.5. The van der Waals surface area contributed by atoms with Gasteiger partial charge in [0.25, 0.3) is 5.91 Å². The molecule has 0 saturated carbocycles. The fourth-order valence-corrected chi connectivity index (χ4v) is 3.98. The van der Waals surface area contributed by atoms with Crippen LogP contribution in [0.15, 0.2) is 78.9 Å². The van der Waals surface area contributed by atoms with Crippen LogP contribution in [0.5, 0.6) is 5.75 Å². The molecule has 1 aliphatic rings. The molecule has 3 aromatic carbocycles. The van der Waals surface area contributed by atoms with Crippen molar-refractivity contribution in [3.05, 3.63) is 90.0 Å². The van der Waals surface area contributed by atoms with Crippen molar-refractivity contribution in [2.75, 3.05) is 20.2 Å². The number of benzene rings is 3. The molecule has 0 bridgehead atoms. The summed E-state index contributed by atoms with van der Waals surface area (Å²) in [6.07, 6.45) is 1.94. The van der Waals surface area contributed by atoms with Gasteiger partial charge in [0.1, 0.15) is 5.75 Å². The molecule has 4 nitrogen and oxygen atoms in total. The number of methoxy groups -OCH3 is 1. The number of piperidine rings is 1. The fourth-order valence-electron chi connectivity index (χ4n) is 3.98. The van der Waals surface area contributed by atoms with Gasteiger partial charge in [-0.2, -0.15) is 0 Å². The Bertz CT molecular complexity index is 962. The van der Waals surface area contributed by atoms with Crippen molar-refractivity contribution in [3.63, 3.8) is 0 Å². The summed E-state index contributed by atoms with van der Waals surface area (Å²) in [7, 11) is 1.70. The molecule has 1 aliphatic heterocycles. The number of likely N-dealkylation sites (tertiary alicyclic amines) is 1. The van der Waals surface area contributed by atoms with Crippen LogP contribution in [0.4, 0.5) is 0 Å². The van der Waals surface area contributed by atoms with E-state index >= 15 is 0 Å². The molecule has 0 spiro atoms. The van der Waals surface area contributed by atoms with E-state index in [2.05, 4.69) is 34.5 Å². The highest BCUT2D eigenvalue weighted by Crippen LogP contribution is 2.20. The molecule has 1 N–H and O–H groups in total. The van der Waals surface area contributed by atoms with Crippen LogP contribution in [0.3, 0.4) is 0 Å². The van der Waals surface area contributed by atoms with E-state index in [9.17, 15) is 4.79 Å². The SMILES string of the molecule is COc1cccc(CN2CCC(NC(=O)c3ccc(-c4ccccc4)cc3)CC2)c1.